The minimum atomic E-state index is -1.24. The van der Waals surface area contributed by atoms with Gasteiger partial charge in [0.05, 0.1) is 18.2 Å². The van der Waals surface area contributed by atoms with E-state index in [2.05, 4.69) is 5.16 Å². The zero-order valence-corrected chi connectivity index (χ0v) is 11.4. The molecule has 0 fully saturated rings. The van der Waals surface area contributed by atoms with E-state index in [4.69, 9.17) is 30.7 Å². The average Bonchev–Trinajstić information content (AvgIpc) is 2.82. The SMILES string of the molecule is O=C(O)c1cc(-c2c(O)c(Cl)cc3c2OCCCO3)on1. The van der Waals surface area contributed by atoms with Crippen LogP contribution in [-0.2, 0) is 0 Å². The third kappa shape index (κ3) is 2.36. The van der Waals surface area contributed by atoms with Gasteiger partial charge in [-0.3, -0.25) is 0 Å². The van der Waals surface area contributed by atoms with Crippen molar-refractivity contribution in [1.29, 1.82) is 0 Å². The molecule has 3 rings (SSSR count). The highest BCUT2D eigenvalue weighted by Crippen LogP contribution is 2.49. The number of aromatic carboxylic acids is 1. The van der Waals surface area contributed by atoms with Crippen LogP contribution in [0.25, 0.3) is 11.3 Å². The van der Waals surface area contributed by atoms with Gasteiger partial charge in [-0.25, -0.2) is 4.79 Å². The first kappa shape index (κ1) is 13.6. The summed E-state index contributed by atoms with van der Waals surface area (Å²) in [5.74, 6) is -0.876. The standard InChI is InChI=1S/C13H10ClNO6/c14-6-4-9-12(20-3-1-2-19-9)10(11(6)16)8-5-7(13(17)18)15-21-8/h4-5,16H,1-3H2,(H,17,18). The fourth-order valence-electron chi connectivity index (χ4n) is 1.99. The number of phenolic OH excluding ortho intramolecular Hbond substituents is 1. The quantitative estimate of drug-likeness (QED) is 0.878. The molecular weight excluding hydrogens is 302 g/mol. The molecular formula is C13H10ClNO6. The summed E-state index contributed by atoms with van der Waals surface area (Å²) in [5.41, 5.74) is -0.160. The molecule has 0 saturated carbocycles. The van der Waals surface area contributed by atoms with E-state index >= 15 is 0 Å². The summed E-state index contributed by atoms with van der Waals surface area (Å²) in [6.45, 7) is 0.839. The van der Waals surface area contributed by atoms with Crippen molar-refractivity contribution in [3.05, 3.63) is 22.8 Å². The summed E-state index contributed by atoms with van der Waals surface area (Å²) in [6.07, 6.45) is 0.670. The molecule has 0 atom stereocenters. The Morgan fingerprint density at radius 3 is 2.76 bits per heavy atom. The van der Waals surface area contributed by atoms with Gasteiger partial charge in [0, 0.05) is 18.6 Å². The van der Waals surface area contributed by atoms with Crippen LogP contribution in [0.1, 0.15) is 16.9 Å². The molecule has 2 heterocycles. The average molecular weight is 312 g/mol. The molecule has 0 bridgehead atoms. The van der Waals surface area contributed by atoms with Crippen molar-refractivity contribution in [3.63, 3.8) is 0 Å². The fraction of sp³-hybridized carbons (Fsp3) is 0.231. The number of carboxylic acids is 1. The molecule has 0 amide bonds. The molecule has 1 aliphatic rings. The third-order valence-corrected chi connectivity index (χ3v) is 3.23. The Bertz CT molecular complexity index is 711. The first-order valence-corrected chi connectivity index (χ1v) is 6.47. The van der Waals surface area contributed by atoms with Crippen LogP contribution in [0, 0.1) is 0 Å². The number of ether oxygens (including phenoxy) is 2. The van der Waals surface area contributed by atoms with E-state index in [1.165, 1.54) is 12.1 Å². The molecule has 2 aromatic rings. The normalized spacial score (nSPS) is 13.8. The predicted molar refractivity (Wildman–Crippen MR) is 71.2 cm³/mol. The van der Waals surface area contributed by atoms with Crippen LogP contribution in [-0.4, -0.2) is 34.6 Å². The predicted octanol–water partition coefficient (Wildman–Crippen LogP) is 2.56. The molecule has 0 radical (unpaired) electrons. The van der Waals surface area contributed by atoms with Crippen molar-refractivity contribution in [1.82, 2.24) is 5.16 Å². The van der Waals surface area contributed by atoms with Crippen LogP contribution in [0.4, 0.5) is 0 Å². The minimum Gasteiger partial charge on any atom is -0.505 e. The number of halogens is 1. The number of carbonyl (C=O) groups is 1. The highest BCUT2D eigenvalue weighted by atomic mass is 35.5. The first-order chi connectivity index (χ1) is 10.1. The Morgan fingerprint density at radius 1 is 1.29 bits per heavy atom. The van der Waals surface area contributed by atoms with E-state index in [0.717, 1.165) is 0 Å². The van der Waals surface area contributed by atoms with Gasteiger partial charge in [-0.15, -0.1) is 0 Å². The highest BCUT2D eigenvalue weighted by molar-refractivity contribution is 6.32. The van der Waals surface area contributed by atoms with Crippen molar-refractivity contribution in [2.24, 2.45) is 0 Å². The number of benzene rings is 1. The molecule has 1 aliphatic heterocycles. The van der Waals surface area contributed by atoms with E-state index in [0.29, 0.717) is 25.4 Å². The number of hydrogen-bond donors (Lipinski definition) is 2. The van der Waals surface area contributed by atoms with Gasteiger partial charge in [0.2, 0.25) is 0 Å². The summed E-state index contributed by atoms with van der Waals surface area (Å²) in [5, 5.41) is 22.5. The second kappa shape index (κ2) is 5.17. The molecule has 0 saturated heterocycles. The Balaban J connectivity index is 2.19. The number of phenols is 1. The lowest BCUT2D eigenvalue weighted by Gasteiger charge is -2.13. The number of aromatic hydroxyl groups is 1. The van der Waals surface area contributed by atoms with E-state index in [9.17, 15) is 9.90 Å². The lowest BCUT2D eigenvalue weighted by molar-refractivity contribution is 0.0686. The van der Waals surface area contributed by atoms with Crippen LogP contribution >= 0.6 is 11.6 Å². The van der Waals surface area contributed by atoms with Crippen molar-refractivity contribution < 1.29 is 29.0 Å². The zero-order valence-electron chi connectivity index (χ0n) is 10.6. The van der Waals surface area contributed by atoms with Crippen LogP contribution in [0.5, 0.6) is 17.2 Å². The molecule has 2 N–H and O–H groups in total. The fourth-order valence-corrected chi connectivity index (χ4v) is 2.18. The van der Waals surface area contributed by atoms with Crippen molar-refractivity contribution >= 4 is 17.6 Å². The van der Waals surface area contributed by atoms with E-state index < -0.39 is 5.97 Å². The summed E-state index contributed by atoms with van der Waals surface area (Å²) in [4.78, 5) is 10.9. The van der Waals surface area contributed by atoms with Gasteiger partial charge in [0.1, 0.15) is 11.3 Å². The molecule has 8 heteroatoms. The molecule has 7 nitrogen and oxygen atoms in total. The van der Waals surface area contributed by atoms with Crippen LogP contribution in [0.3, 0.4) is 0 Å². The molecule has 0 unspecified atom stereocenters. The Hall–Kier alpha value is -2.41. The summed E-state index contributed by atoms with van der Waals surface area (Å²) < 4.78 is 16.0. The van der Waals surface area contributed by atoms with Gasteiger partial charge in [-0.05, 0) is 0 Å². The number of rotatable bonds is 2. The largest absolute Gasteiger partial charge is 0.505 e. The van der Waals surface area contributed by atoms with Crippen LogP contribution in [0.15, 0.2) is 16.7 Å². The van der Waals surface area contributed by atoms with E-state index in [1.54, 1.807) is 0 Å². The monoisotopic (exact) mass is 311 g/mol. The van der Waals surface area contributed by atoms with Gasteiger partial charge < -0.3 is 24.2 Å². The first-order valence-electron chi connectivity index (χ1n) is 6.09. The highest BCUT2D eigenvalue weighted by Gasteiger charge is 2.26. The molecule has 21 heavy (non-hydrogen) atoms. The summed E-state index contributed by atoms with van der Waals surface area (Å²) >= 11 is 5.96. The summed E-state index contributed by atoms with van der Waals surface area (Å²) in [6, 6.07) is 2.62. The van der Waals surface area contributed by atoms with Gasteiger partial charge in [-0.1, -0.05) is 16.8 Å². The summed E-state index contributed by atoms with van der Waals surface area (Å²) in [7, 11) is 0. The topological polar surface area (TPSA) is 102 Å². The van der Waals surface area contributed by atoms with E-state index in [1.807, 2.05) is 0 Å². The lowest BCUT2D eigenvalue weighted by atomic mass is 10.1. The van der Waals surface area contributed by atoms with Crippen molar-refractivity contribution in [2.75, 3.05) is 13.2 Å². The molecule has 0 spiro atoms. The molecule has 1 aromatic heterocycles. The number of carboxylic acid groups (broad SMARTS) is 1. The Morgan fingerprint density at radius 2 is 2.05 bits per heavy atom. The minimum absolute atomic E-state index is 0.0363. The Kier molecular flexibility index (Phi) is 3.34. The van der Waals surface area contributed by atoms with Crippen molar-refractivity contribution in [2.45, 2.75) is 6.42 Å². The Labute approximate surface area is 123 Å². The maximum absolute atomic E-state index is 10.9. The second-order valence-electron chi connectivity index (χ2n) is 4.34. The molecule has 0 aliphatic carbocycles. The van der Waals surface area contributed by atoms with Crippen molar-refractivity contribution in [3.8, 4) is 28.6 Å². The lowest BCUT2D eigenvalue weighted by Crippen LogP contribution is -1.98. The number of hydrogen-bond acceptors (Lipinski definition) is 6. The molecule has 1 aromatic carbocycles. The van der Waals surface area contributed by atoms with Gasteiger partial charge >= 0.3 is 5.97 Å². The number of fused-ring (bicyclic) bond motifs is 1. The number of aromatic nitrogens is 1. The number of nitrogens with zero attached hydrogens (tertiary/aromatic N) is 1. The van der Waals surface area contributed by atoms with Crippen LogP contribution in [0.2, 0.25) is 5.02 Å². The maximum atomic E-state index is 10.9. The van der Waals surface area contributed by atoms with E-state index in [-0.39, 0.29) is 33.5 Å². The van der Waals surface area contributed by atoms with Gasteiger partial charge in [-0.2, -0.15) is 0 Å². The third-order valence-electron chi connectivity index (χ3n) is 2.94. The van der Waals surface area contributed by atoms with Crippen LogP contribution < -0.4 is 9.47 Å². The smallest absolute Gasteiger partial charge is 0.358 e. The second-order valence-corrected chi connectivity index (χ2v) is 4.75. The van der Waals surface area contributed by atoms with Gasteiger partial charge in [0.15, 0.2) is 23.0 Å². The zero-order chi connectivity index (χ0) is 15.0. The maximum Gasteiger partial charge on any atom is 0.358 e. The molecule has 110 valence electrons. The van der Waals surface area contributed by atoms with Gasteiger partial charge in [0.25, 0.3) is 0 Å².